The minimum Gasteiger partial charge on any atom is -0.492 e. The molecule has 12 atom stereocenters. The van der Waals surface area contributed by atoms with Crippen molar-refractivity contribution in [1.82, 2.24) is 16.0 Å². The summed E-state index contributed by atoms with van der Waals surface area (Å²) in [5.74, 6) is -0.677. The highest BCUT2D eigenvalue weighted by Gasteiger charge is 2.53. The van der Waals surface area contributed by atoms with Gasteiger partial charge in [0.25, 0.3) is 0 Å². The van der Waals surface area contributed by atoms with Crippen molar-refractivity contribution in [2.24, 2.45) is 28.9 Å². The van der Waals surface area contributed by atoms with Gasteiger partial charge in [-0.1, -0.05) is 6.42 Å². The van der Waals surface area contributed by atoms with Gasteiger partial charge >= 0.3 is 0 Å². The lowest BCUT2D eigenvalue weighted by atomic mass is 9.72. The van der Waals surface area contributed by atoms with Crippen LogP contribution >= 0.6 is 0 Å². The first-order chi connectivity index (χ1) is 20.4. The molecule has 0 radical (unpaired) electrons. The Morgan fingerprint density at radius 3 is 2.58 bits per heavy atom. The Morgan fingerprint density at radius 2 is 1.91 bits per heavy atom. The fourth-order valence-corrected chi connectivity index (χ4v) is 6.31. The summed E-state index contributed by atoms with van der Waals surface area (Å²) in [7, 11) is 1.60. The lowest BCUT2D eigenvalue weighted by Gasteiger charge is -2.50. The second kappa shape index (κ2) is 16.7. The van der Waals surface area contributed by atoms with Crippen LogP contribution in [0.3, 0.4) is 0 Å². The van der Waals surface area contributed by atoms with Crippen LogP contribution in [0.25, 0.3) is 0 Å². The summed E-state index contributed by atoms with van der Waals surface area (Å²) in [5, 5.41) is 52.7. The standard InChI is InChI=1S/C28H55N7O8/c1-28(40)14-41-27(22(38)25(28)33-2)43-24-18(35-26(39)19(36)8-10-30)12-17(32)20(21(24)37)23-16(31)7-6-15(42-23)13-34-11-5-3-4-9-29/h6,16-25,27,33-34,36-38,40H,3-5,7-14,29-32H2,1-2H3,(H,35,39)/t16-,17+,18-,19+,20?,21+,22-,23+,24+,25-,27-,28+/m1/s1. The van der Waals surface area contributed by atoms with E-state index in [4.69, 9.17) is 37.1 Å². The maximum atomic E-state index is 12.8. The highest BCUT2D eigenvalue weighted by molar-refractivity contribution is 5.80. The first kappa shape index (κ1) is 36.0. The SMILES string of the molecule is CN[C@@H]1[C@@H](O)[C@@H](O[C@H]2[C@H](NC(=O)[C@@H](O)CCN)C[C@H](N)C([C@H]3OC(CNCCCCCN)=CC[C@H]3N)[C@@H]2O)OC[C@]1(C)O. The van der Waals surface area contributed by atoms with Crippen molar-refractivity contribution in [1.29, 1.82) is 0 Å². The third-order valence-corrected chi connectivity index (χ3v) is 8.71. The van der Waals surface area contributed by atoms with Crippen molar-refractivity contribution < 1.29 is 39.4 Å². The number of aliphatic hydroxyl groups is 4. The molecule has 0 aromatic heterocycles. The van der Waals surface area contributed by atoms with Crippen LogP contribution in [0.2, 0.25) is 0 Å². The zero-order valence-corrected chi connectivity index (χ0v) is 25.4. The summed E-state index contributed by atoms with van der Waals surface area (Å²) in [4.78, 5) is 12.8. The number of rotatable bonds is 15. The summed E-state index contributed by atoms with van der Waals surface area (Å²) in [6.07, 6.45) is -1.33. The topological polar surface area (TPSA) is 266 Å². The minimum atomic E-state index is -1.38. The summed E-state index contributed by atoms with van der Waals surface area (Å²) in [5.41, 5.74) is 22.8. The van der Waals surface area contributed by atoms with Gasteiger partial charge < -0.3 is 73.5 Å². The van der Waals surface area contributed by atoms with E-state index in [1.807, 2.05) is 6.08 Å². The predicted molar refractivity (Wildman–Crippen MR) is 159 cm³/mol. The molecule has 15 nitrogen and oxygen atoms in total. The first-order valence-corrected chi connectivity index (χ1v) is 15.4. The van der Waals surface area contributed by atoms with E-state index in [-0.39, 0.29) is 26.0 Å². The maximum Gasteiger partial charge on any atom is 0.249 e. The molecule has 15 N–H and O–H groups in total. The number of unbranched alkanes of at least 4 members (excludes halogenated alkanes) is 2. The van der Waals surface area contributed by atoms with Crippen molar-refractivity contribution in [3.05, 3.63) is 11.8 Å². The molecule has 1 unspecified atom stereocenters. The Kier molecular flexibility index (Phi) is 14.0. The van der Waals surface area contributed by atoms with Crippen molar-refractivity contribution in [3.8, 4) is 0 Å². The molecule has 3 aliphatic rings. The monoisotopic (exact) mass is 617 g/mol. The molecule has 0 spiro atoms. The van der Waals surface area contributed by atoms with Gasteiger partial charge in [0, 0.05) is 18.0 Å². The van der Waals surface area contributed by atoms with Gasteiger partial charge in [-0.3, -0.25) is 4.79 Å². The third-order valence-electron chi connectivity index (χ3n) is 8.71. The molecule has 2 fully saturated rings. The summed E-state index contributed by atoms with van der Waals surface area (Å²) in [6, 6.07) is -2.76. The Bertz CT molecular complexity index is 899. The number of nitrogens with one attached hydrogen (secondary N) is 3. The smallest absolute Gasteiger partial charge is 0.249 e. The molecule has 15 heteroatoms. The molecule has 0 aromatic carbocycles. The molecule has 3 rings (SSSR count). The van der Waals surface area contributed by atoms with Crippen molar-refractivity contribution in [3.63, 3.8) is 0 Å². The number of likely N-dealkylation sites (N-methyl/N-ethyl adjacent to an activating group) is 1. The van der Waals surface area contributed by atoms with Crippen molar-refractivity contribution in [2.45, 2.75) is 112 Å². The van der Waals surface area contributed by atoms with Gasteiger partial charge in [0.05, 0.1) is 31.3 Å². The van der Waals surface area contributed by atoms with Crippen LogP contribution < -0.4 is 38.9 Å². The minimum absolute atomic E-state index is 0.0472. The van der Waals surface area contributed by atoms with E-state index >= 15 is 0 Å². The Labute approximate surface area is 254 Å². The molecular weight excluding hydrogens is 562 g/mol. The third kappa shape index (κ3) is 9.28. The molecular formula is C28H55N7O8. The van der Waals surface area contributed by atoms with Crippen LogP contribution in [0.1, 0.15) is 45.4 Å². The predicted octanol–water partition coefficient (Wildman–Crippen LogP) is -3.95. The number of hydrogen-bond acceptors (Lipinski definition) is 14. The average molecular weight is 618 g/mol. The van der Waals surface area contributed by atoms with Gasteiger partial charge in [-0.2, -0.15) is 0 Å². The Morgan fingerprint density at radius 1 is 1.16 bits per heavy atom. The van der Waals surface area contributed by atoms with E-state index in [9.17, 15) is 25.2 Å². The lowest BCUT2D eigenvalue weighted by molar-refractivity contribution is -0.297. The van der Waals surface area contributed by atoms with Gasteiger partial charge in [0.1, 0.15) is 35.8 Å². The number of carbonyl (C=O) groups is 1. The highest BCUT2D eigenvalue weighted by Crippen LogP contribution is 2.36. The highest BCUT2D eigenvalue weighted by atomic mass is 16.7. The lowest BCUT2D eigenvalue weighted by Crippen LogP contribution is -2.69. The molecule has 0 aromatic rings. The molecule has 0 bridgehead atoms. The number of carbonyl (C=O) groups excluding carboxylic acids is 1. The normalized spacial score (nSPS) is 39.1. The first-order valence-electron chi connectivity index (χ1n) is 15.4. The average Bonchev–Trinajstić information content (AvgIpc) is 2.95. The number of hydrogen-bond donors (Lipinski definition) is 11. The summed E-state index contributed by atoms with van der Waals surface area (Å²) < 4.78 is 18.2. The molecule has 2 aliphatic heterocycles. The molecule has 250 valence electrons. The molecule has 2 heterocycles. The van der Waals surface area contributed by atoms with E-state index in [0.29, 0.717) is 25.3 Å². The largest absolute Gasteiger partial charge is 0.492 e. The van der Waals surface area contributed by atoms with Crippen molar-refractivity contribution >= 4 is 5.91 Å². The van der Waals surface area contributed by atoms with Crippen LogP contribution in [0.15, 0.2) is 11.8 Å². The molecule has 1 saturated heterocycles. The van der Waals surface area contributed by atoms with Crippen molar-refractivity contribution in [2.75, 3.05) is 39.8 Å². The Hall–Kier alpha value is -1.47. The fourth-order valence-electron chi connectivity index (χ4n) is 6.31. The second-order valence-corrected chi connectivity index (χ2v) is 12.2. The van der Waals surface area contributed by atoms with Crippen LogP contribution in [0.5, 0.6) is 0 Å². The van der Waals surface area contributed by atoms with Gasteiger partial charge in [0.2, 0.25) is 5.91 Å². The molecule has 1 amide bonds. The molecule has 1 saturated carbocycles. The second-order valence-electron chi connectivity index (χ2n) is 12.2. The summed E-state index contributed by atoms with van der Waals surface area (Å²) in [6.45, 7) is 3.45. The number of aliphatic hydroxyl groups excluding tert-OH is 3. The van der Waals surface area contributed by atoms with Gasteiger partial charge in [-0.25, -0.2) is 0 Å². The Balaban J connectivity index is 1.78. The quantitative estimate of drug-likeness (QED) is 0.0784. The number of nitrogens with two attached hydrogens (primary N) is 4. The maximum absolute atomic E-state index is 12.8. The van der Waals surface area contributed by atoms with Crippen LogP contribution in [0, 0.1) is 5.92 Å². The van der Waals surface area contributed by atoms with E-state index in [1.54, 1.807) is 7.05 Å². The fraction of sp³-hybridized carbons (Fsp3) is 0.893. The molecule has 1 aliphatic carbocycles. The number of amides is 1. The van der Waals surface area contributed by atoms with Crippen LogP contribution in [-0.2, 0) is 19.0 Å². The van der Waals surface area contributed by atoms with E-state index in [0.717, 1.165) is 25.8 Å². The van der Waals surface area contributed by atoms with E-state index < -0.39 is 78.4 Å². The van der Waals surface area contributed by atoms with Crippen LogP contribution in [0.4, 0.5) is 0 Å². The van der Waals surface area contributed by atoms with Crippen LogP contribution in [-0.4, -0.2) is 133 Å². The zero-order valence-electron chi connectivity index (χ0n) is 25.4. The van der Waals surface area contributed by atoms with Gasteiger partial charge in [-0.15, -0.1) is 0 Å². The van der Waals surface area contributed by atoms with E-state index in [1.165, 1.54) is 6.92 Å². The zero-order chi connectivity index (χ0) is 31.7. The van der Waals surface area contributed by atoms with Gasteiger partial charge in [-0.05, 0) is 71.8 Å². The number of ether oxygens (including phenoxy) is 3. The van der Waals surface area contributed by atoms with Gasteiger partial charge in [0.15, 0.2) is 6.29 Å². The summed E-state index contributed by atoms with van der Waals surface area (Å²) >= 11 is 0. The van der Waals surface area contributed by atoms with E-state index in [2.05, 4.69) is 16.0 Å². The molecule has 43 heavy (non-hydrogen) atoms.